The standard InChI is InChI=1S/C19H13FN2OS/c20-12-9-11-3-1-2-4-13(11)22-17(12)18-15(10-5-6-10)16-14(24-18)7-8-21-19(16)23/h1-4,7-10H,5-6H2,(H,21,23). The van der Waals surface area contributed by atoms with Gasteiger partial charge in [-0.1, -0.05) is 18.2 Å². The molecule has 0 radical (unpaired) electrons. The number of hydrogen-bond acceptors (Lipinski definition) is 3. The van der Waals surface area contributed by atoms with E-state index in [9.17, 15) is 9.18 Å². The third-order valence-electron chi connectivity index (χ3n) is 4.53. The molecule has 118 valence electrons. The minimum atomic E-state index is -0.335. The molecular weight excluding hydrogens is 323 g/mol. The molecule has 1 fully saturated rings. The Labute approximate surface area is 140 Å². The lowest BCUT2D eigenvalue weighted by Crippen LogP contribution is -2.05. The number of H-pyrrole nitrogens is 1. The maximum absolute atomic E-state index is 14.8. The van der Waals surface area contributed by atoms with Crippen LogP contribution in [0.1, 0.15) is 24.3 Å². The molecule has 24 heavy (non-hydrogen) atoms. The van der Waals surface area contributed by atoms with Crippen molar-refractivity contribution in [2.24, 2.45) is 0 Å². The Hall–Kier alpha value is -2.53. The van der Waals surface area contributed by atoms with Crippen molar-refractivity contribution in [3.05, 3.63) is 64.3 Å². The normalized spacial score (nSPS) is 14.5. The molecule has 4 aromatic rings. The van der Waals surface area contributed by atoms with Crippen molar-refractivity contribution in [2.75, 3.05) is 0 Å². The fourth-order valence-electron chi connectivity index (χ4n) is 3.27. The Bertz CT molecular complexity index is 1160. The van der Waals surface area contributed by atoms with E-state index < -0.39 is 0 Å². The van der Waals surface area contributed by atoms with E-state index >= 15 is 0 Å². The fourth-order valence-corrected chi connectivity index (χ4v) is 4.55. The quantitative estimate of drug-likeness (QED) is 0.570. The second-order valence-corrected chi connectivity index (χ2v) is 7.23. The first-order chi connectivity index (χ1) is 11.7. The number of nitrogens with zero attached hydrogens (tertiary/aromatic N) is 1. The number of benzene rings is 1. The number of fused-ring (bicyclic) bond motifs is 2. The predicted molar refractivity (Wildman–Crippen MR) is 95.1 cm³/mol. The maximum atomic E-state index is 14.8. The molecule has 5 rings (SSSR count). The summed E-state index contributed by atoms with van der Waals surface area (Å²) in [6, 6.07) is 10.9. The van der Waals surface area contributed by atoms with E-state index in [2.05, 4.69) is 9.97 Å². The molecule has 0 amide bonds. The Morgan fingerprint density at radius 1 is 1.21 bits per heavy atom. The van der Waals surface area contributed by atoms with Crippen molar-refractivity contribution in [3.8, 4) is 10.6 Å². The van der Waals surface area contributed by atoms with Gasteiger partial charge >= 0.3 is 0 Å². The molecule has 1 aliphatic carbocycles. The summed E-state index contributed by atoms with van der Waals surface area (Å²) in [4.78, 5) is 20.4. The van der Waals surface area contributed by atoms with Crippen LogP contribution in [-0.4, -0.2) is 9.97 Å². The van der Waals surface area contributed by atoms with Gasteiger partial charge in [-0.05, 0) is 42.5 Å². The summed E-state index contributed by atoms with van der Waals surface area (Å²) < 4.78 is 15.6. The lowest BCUT2D eigenvalue weighted by Gasteiger charge is -2.06. The lowest BCUT2D eigenvalue weighted by atomic mass is 10.0. The molecule has 1 N–H and O–H groups in total. The molecule has 0 saturated heterocycles. The van der Waals surface area contributed by atoms with Gasteiger partial charge < -0.3 is 4.98 Å². The van der Waals surface area contributed by atoms with Crippen molar-refractivity contribution in [3.63, 3.8) is 0 Å². The van der Waals surface area contributed by atoms with E-state index in [1.807, 2.05) is 30.3 Å². The highest BCUT2D eigenvalue weighted by Crippen LogP contribution is 2.50. The fraction of sp³-hybridized carbons (Fsp3) is 0.158. The second kappa shape index (κ2) is 4.98. The van der Waals surface area contributed by atoms with E-state index in [4.69, 9.17) is 0 Å². The molecule has 0 bridgehead atoms. The van der Waals surface area contributed by atoms with Crippen LogP contribution in [0.5, 0.6) is 0 Å². The van der Waals surface area contributed by atoms with Crippen LogP contribution in [0.3, 0.4) is 0 Å². The first-order valence-corrected chi connectivity index (χ1v) is 8.74. The van der Waals surface area contributed by atoms with E-state index in [1.165, 1.54) is 17.4 Å². The SMILES string of the molecule is O=c1[nH]ccc2sc(-c3nc4ccccc4cc3F)c(C3CC3)c12. The van der Waals surface area contributed by atoms with Gasteiger partial charge in [0.25, 0.3) is 5.56 Å². The summed E-state index contributed by atoms with van der Waals surface area (Å²) in [5, 5.41) is 1.49. The predicted octanol–water partition coefficient (Wildman–Crippen LogP) is 4.82. The minimum absolute atomic E-state index is 0.0990. The van der Waals surface area contributed by atoms with Gasteiger partial charge in [-0.3, -0.25) is 4.79 Å². The van der Waals surface area contributed by atoms with Gasteiger partial charge in [0, 0.05) is 16.3 Å². The molecule has 1 aliphatic rings. The topological polar surface area (TPSA) is 45.8 Å². The summed E-state index contributed by atoms with van der Waals surface area (Å²) in [6.45, 7) is 0. The molecular formula is C19H13FN2OS. The Morgan fingerprint density at radius 3 is 2.88 bits per heavy atom. The number of halogens is 1. The van der Waals surface area contributed by atoms with Gasteiger partial charge in [0.15, 0.2) is 5.82 Å². The number of hydrogen-bond donors (Lipinski definition) is 1. The number of pyridine rings is 2. The molecule has 1 saturated carbocycles. The van der Waals surface area contributed by atoms with Crippen molar-refractivity contribution < 1.29 is 4.39 Å². The molecule has 3 heterocycles. The molecule has 0 spiro atoms. The van der Waals surface area contributed by atoms with E-state index in [0.717, 1.165) is 38.9 Å². The van der Waals surface area contributed by atoms with Crippen molar-refractivity contribution in [1.82, 2.24) is 9.97 Å². The number of para-hydroxylation sites is 1. The first kappa shape index (κ1) is 13.9. The van der Waals surface area contributed by atoms with Crippen LogP contribution in [0.4, 0.5) is 4.39 Å². The summed E-state index contributed by atoms with van der Waals surface area (Å²) in [6.07, 6.45) is 3.73. The smallest absolute Gasteiger partial charge is 0.256 e. The third-order valence-corrected chi connectivity index (χ3v) is 5.70. The van der Waals surface area contributed by atoms with Crippen LogP contribution in [-0.2, 0) is 0 Å². The molecule has 3 nitrogen and oxygen atoms in total. The highest BCUT2D eigenvalue weighted by Gasteiger charge is 2.32. The van der Waals surface area contributed by atoms with Crippen molar-refractivity contribution in [2.45, 2.75) is 18.8 Å². The van der Waals surface area contributed by atoms with Gasteiger partial charge in [0.1, 0.15) is 5.69 Å². The van der Waals surface area contributed by atoms with Gasteiger partial charge in [-0.15, -0.1) is 11.3 Å². The van der Waals surface area contributed by atoms with Crippen LogP contribution in [0.25, 0.3) is 31.6 Å². The second-order valence-electron chi connectivity index (χ2n) is 6.18. The van der Waals surface area contributed by atoms with Crippen LogP contribution in [0.2, 0.25) is 0 Å². The highest BCUT2D eigenvalue weighted by molar-refractivity contribution is 7.22. The molecule has 1 aromatic carbocycles. The Balaban J connectivity index is 1.87. The van der Waals surface area contributed by atoms with Crippen LogP contribution in [0.15, 0.2) is 47.4 Å². The Kier molecular flexibility index (Phi) is 2.88. The average molecular weight is 336 g/mol. The molecule has 0 unspecified atom stereocenters. The van der Waals surface area contributed by atoms with Gasteiger partial charge in [0.2, 0.25) is 0 Å². The first-order valence-electron chi connectivity index (χ1n) is 7.92. The minimum Gasteiger partial charge on any atom is -0.328 e. The number of aromatic nitrogens is 2. The zero-order valence-electron chi connectivity index (χ0n) is 12.7. The largest absolute Gasteiger partial charge is 0.328 e. The van der Waals surface area contributed by atoms with E-state index in [1.54, 1.807) is 6.20 Å². The summed E-state index contributed by atoms with van der Waals surface area (Å²) in [5.74, 6) is 0.00325. The Morgan fingerprint density at radius 2 is 2.04 bits per heavy atom. The molecule has 0 aliphatic heterocycles. The summed E-state index contributed by atoms with van der Waals surface area (Å²) in [5.41, 5.74) is 2.00. The molecule has 3 aromatic heterocycles. The number of thiophene rings is 1. The van der Waals surface area contributed by atoms with Crippen molar-refractivity contribution >= 4 is 32.3 Å². The average Bonchev–Trinajstić information content (AvgIpc) is 3.34. The highest BCUT2D eigenvalue weighted by atomic mass is 32.1. The van der Waals surface area contributed by atoms with Gasteiger partial charge in [-0.25, -0.2) is 9.37 Å². The van der Waals surface area contributed by atoms with Crippen LogP contribution in [0, 0.1) is 5.82 Å². The van der Waals surface area contributed by atoms with Crippen LogP contribution >= 0.6 is 11.3 Å². The summed E-state index contributed by atoms with van der Waals surface area (Å²) in [7, 11) is 0. The molecule has 5 heteroatoms. The van der Waals surface area contributed by atoms with Gasteiger partial charge in [-0.2, -0.15) is 0 Å². The number of aromatic amines is 1. The number of nitrogens with one attached hydrogen (secondary N) is 1. The lowest BCUT2D eigenvalue weighted by molar-refractivity contribution is 0.628. The van der Waals surface area contributed by atoms with Crippen LogP contribution < -0.4 is 5.56 Å². The third kappa shape index (κ3) is 2.01. The number of rotatable bonds is 2. The zero-order valence-corrected chi connectivity index (χ0v) is 13.5. The maximum Gasteiger partial charge on any atom is 0.256 e. The monoisotopic (exact) mass is 336 g/mol. The van der Waals surface area contributed by atoms with Gasteiger partial charge in [0.05, 0.1) is 15.8 Å². The van der Waals surface area contributed by atoms with E-state index in [-0.39, 0.29) is 11.4 Å². The van der Waals surface area contributed by atoms with Crippen molar-refractivity contribution in [1.29, 1.82) is 0 Å². The summed E-state index contributed by atoms with van der Waals surface area (Å²) >= 11 is 1.46. The zero-order chi connectivity index (χ0) is 16.3. The van der Waals surface area contributed by atoms with E-state index in [0.29, 0.717) is 17.0 Å². The molecule has 0 atom stereocenters.